The molecule has 1 aromatic carbocycles. The zero-order valence-electron chi connectivity index (χ0n) is 12.2. The molecule has 3 nitrogen and oxygen atoms in total. The van der Waals surface area contributed by atoms with Gasteiger partial charge in [0.05, 0.1) is 25.4 Å². The first kappa shape index (κ1) is 14.2. The largest absolute Gasteiger partial charge is 0.373 e. The van der Waals surface area contributed by atoms with Gasteiger partial charge in [0.15, 0.2) is 5.78 Å². The molecule has 21 heavy (non-hydrogen) atoms. The molecule has 1 heterocycles. The maximum absolute atomic E-state index is 11.6. The van der Waals surface area contributed by atoms with E-state index in [0.29, 0.717) is 26.2 Å². The van der Waals surface area contributed by atoms with Crippen LogP contribution < -0.4 is 0 Å². The fourth-order valence-corrected chi connectivity index (χ4v) is 2.95. The van der Waals surface area contributed by atoms with E-state index in [4.69, 9.17) is 9.47 Å². The Morgan fingerprint density at radius 2 is 2.19 bits per heavy atom. The monoisotopic (exact) mass is 284 g/mol. The van der Waals surface area contributed by atoms with E-state index in [9.17, 15) is 4.79 Å². The van der Waals surface area contributed by atoms with Gasteiger partial charge in [0.1, 0.15) is 0 Å². The average Bonchev–Trinajstić information content (AvgIpc) is 2.82. The summed E-state index contributed by atoms with van der Waals surface area (Å²) in [5.74, 6) is 0.342. The first-order valence-electron chi connectivity index (χ1n) is 7.34. The third kappa shape index (κ3) is 3.14. The maximum Gasteiger partial charge on any atom is 0.156 e. The van der Waals surface area contributed by atoms with Crippen molar-refractivity contribution in [2.45, 2.75) is 25.6 Å². The van der Waals surface area contributed by atoms with Crippen LogP contribution in [0.5, 0.6) is 0 Å². The van der Waals surface area contributed by atoms with Crippen molar-refractivity contribution in [3.63, 3.8) is 0 Å². The molecule has 0 aromatic heterocycles. The van der Waals surface area contributed by atoms with Crippen molar-refractivity contribution in [1.82, 2.24) is 0 Å². The van der Waals surface area contributed by atoms with E-state index in [1.54, 1.807) is 6.08 Å². The molecule has 3 heteroatoms. The fraction of sp³-hybridized carbons (Fsp3) is 0.389. The SMILES string of the molecule is C[C@]12C=CC(=O)C[C@H]1/C(=C/COCc1ccccc1)CO2. The molecule has 1 aliphatic carbocycles. The number of benzene rings is 1. The summed E-state index contributed by atoms with van der Waals surface area (Å²) in [6.45, 7) is 3.80. The van der Waals surface area contributed by atoms with Gasteiger partial charge >= 0.3 is 0 Å². The first-order valence-corrected chi connectivity index (χ1v) is 7.34. The van der Waals surface area contributed by atoms with E-state index >= 15 is 0 Å². The van der Waals surface area contributed by atoms with E-state index in [-0.39, 0.29) is 17.3 Å². The van der Waals surface area contributed by atoms with Crippen LogP contribution in [0.25, 0.3) is 0 Å². The quantitative estimate of drug-likeness (QED) is 0.629. The van der Waals surface area contributed by atoms with Crippen molar-refractivity contribution in [3.8, 4) is 0 Å². The summed E-state index contributed by atoms with van der Waals surface area (Å²) in [6, 6.07) is 10.1. The van der Waals surface area contributed by atoms with Gasteiger partial charge in [-0.3, -0.25) is 4.79 Å². The standard InChI is InChI=1S/C18H20O3/c1-18-9-7-16(19)11-17(18)15(13-21-18)8-10-20-12-14-5-3-2-4-6-14/h2-9,17H,10-13H2,1H3/b15-8+/t17-,18-/m0/s1. The van der Waals surface area contributed by atoms with Gasteiger partial charge < -0.3 is 9.47 Å². The third-order valence-electron chi connectivity index (χ3n) is 4.27. The van der Waals surface area contributed by atoms with Crippen molar-refractivity contribution < 1.29 is 14.3 Å². The number of fused-ring (bicyclic) bond motifs is 1. The van der Waals surface area contributed by atoms with Crippen molar-refractivity contribution in [2.75, 3.05) is 13.2 Å². The van der Waals surface area contributed by atoms with Gasteiger partial charge in [-0.1, -0.05) is 36.4 Å². The van der Waals surface area contributed by atoms with Crippen LogP contribution in [0.4, 0.5) is 0 Å². The van der Waals surface area contributed by atoms with E-state index in [1.165, 1.54) is 11.1 Å². The molecule has 0 unspecified atom stereocenters. The molecule has 1 fully saturated rings. The second kappa shape index (κ2) is 5.96. The fourth-order valence-electron chi connectivity index (χ4n) is 2.95. The lowest BCUT2D eigenvalue weighted by Gasteiger charge is -2.29. The van der Waals surface area contributed by atoms with Crippen LogP contribution in [-0.4, -0.2) is 24.6 Å². The predicted octanol–water partition coefficient (Wildman–Crippen LogP) is 3.06. The molecule has 0 amide bonds. The molecule has 0 saturated carbocycles. The molecule has 0 bridgehead atoms. The molecule has 2 atom stereocenters. The Kier molecular flexibility index (Phi) is 4.04. The minimum Gasteiger partial charge on any atom is -0.373 e. The Bertz CT molecular complexity index is 573. The zero-order chi connectivity index (χ0) is 14.7. The van der Waals surface area contributed by atoms with Crippen LogP contribution in [0.2, 0.25) is 0 Å². The van der Waals surface area contributed by atoms with Crippen LogP contribution in [-0.2, 0) is 20.9 Å². The predicted molar refractivity (Wildman–Crippen MR) is 80.8 cm³/mol. The van der Waals surface area contributed by atoms with E-state index in [1.807, 2.05) is 43.3 Å². The van der Waals surface area contributed by atoms with Gasteiger partial charge in [-0.25, -0.2) is 0 Å². The van der Waals surface area contributed by atoms with E-state index < -0.39 is 0 Å². The van der Waals surface area contributed by atoms with Crippen LogP contribution in [0, 0.1) is 5.92 Å². The summed E-state index contributed by atoms with van der Waals surface area (Å²) >= 11 is 0. The average molecular weight is 284 g/mol. The van der Waals surface area contributed by atoms with E-state index in [2.05, 4.69) is 6.08 Å². The molecule has 0 spiro atoms. The van der Waals surface area contributed by atoms with Gasteiger partial charge in [0.25, 0.3) is 0 Å². The van der Waals surface area contributed by atoms with Crippen LogP contribution in [0.1, 0.15) is 18.9 Å². The molecule has 1 aliphatic heterocycles. The van der Waals surface area contributed by atoms with Crippen molar-refractivity contribution in [1.29, 1.82) is 0 Å². The lowest BCUT2D eigenvalue weighted by Crippen LogP contribution is -2.34. The van der Waals surface area contributed by atoms with Gasteiger partial charge in [-0.2, -0.15) is 0 Å². The molecule has 1 saturated heterocycles. The molecule has 2 aliphatic rings. The number of ether oxygens (including phenoxy) is 2. The number of allylic oxidation sites excluding steroid dienone is 1. The summed E-state index contributed by atoms with van der Waals surface area (Å²) < 4.78 is 11.5. The normalized spacial score (nSPS) is 29.9. The smallest absolute Gasteiger partial charge is 0.156 e. The van der Waals surface area contributed by atoms with Crippen molar-refractivity contribution in [3.05, 3.63) is 59.7 Å². The Morgan fingerprint density at radius 1 is 1.38 bits per heavy atom. The van der Waals surface area contributed by atoms with Crippen LogP contribution >= 0.6 is 0 Å². The number of carbonyl (C=O) groups is 1. The van der Waals surface area contributed by atoms with Gasteiger partial charge in [0.2, 0.25) is 0 Å². The minimum atomic E-state index is -0.320. The molecule has 110 valence electrons. The second-order valence-electron chi connectivity index (χ2n) is 5.81. The highest BCUT2D eigenvalue weighted by Gasteiger charge is 2.44. The number of hydrogen-bond donors (Lipinski definition) is 0. The second-order valence-corrected chi connectivity index (χ2v) is 5.81. The number of rotatable bonds is 4. The van der Waals surface area contributed by atoms with Gasteiger partial charge in [-0.05, 0) is 30.2 Å². The highest BCUT2D eigenvalue weighted by atomic mass is 16.5. The Labute approximate surface area is 125 Å². The molecular formula is C18H20O3. The number of ketones is 1. The Balaban J connectivity index is 1.57. The Morgan fingerprint density at radius 3 is 3.00 bits per heavy atom. The summed E-state index contributed by atoms with van der Waals surface area (Å²) in [5.41, 5.74) is 2.03. The topological polar surface area (TPSA) is 35.5 Å². The first-order chi connectivity index (χ1) is 10.2. The van der Waals surface area contributed by atoms with Crippen LogP contribution in [0.15, 0.2) is 54.1 Å². The molecule has 1 aromatic rings. The molecule has 0 radical (unpaired) electrons. The summed E-state index contributed by atoms with van der Waals surface area (Å²) in [6.07, 6.45) is 6.16. The highest BCUT2D eigenvalue weighted by molar-refractivity contribution is 5.91. The van der Waals surface area contributed by atoms with Crippen molar-refractivity contribution in [2.24, 2.45) is 5.92 Å². The van der Waals surface area contributed by atoms with E-state index in [0.717, 1.165) is 0 Å². The van der Waals surface area contributed by atoms with Crippen LogP contribution in [0.3, 0.4) is 0 Å². The lowest BCUT2D eigenvalue weighted by atomic mass is 9.78. The summed E-state index contributed by atoms with van der Waals surface area (Å²) in [7, 11) is 0. The zero-order valence-corrected chi connectivity index (χ0v) is 12.2. The van der Waals surface area contributed by atoms with Crippen molar-refractivity contribution >= 4 is 5.78 Å². The summed E-state index contributed by atoms with van der Waals surface area (Å²) in [4.78, 5) is 11.6. The molecule has 3 rings (SSSR count). The number of hydrogen-bond acceptors (Lipinski definition) is 3. The lowest BCUT2D eigenvalue weighted by molar-refractivity contribution is -0.117. The third-order valence-corrected chi connectivity index (χ3v) is 4.27. The summed E-state index contributed by atoms with van der Waals surface area (Å²) in [5, 5.41) is 0. The maximum atomic E-state index is 11.6. The molecule has 0 N–H and O–H groups in total. The van der Waals surface area contributed by atoms with Gasteiger partial charge in [-0.15, -0.1) is 0 Å². The van der Waals surface area contributed by atoms with Gasteiger partial charge in [0, 0.05) is 12.3 Å². The molecular weight excluding hydrogens is 264 g/mol. The minimum absolute atomic E-state index is 0.162. The number of carbonyl (C=O) groups excluding carboxylic acids is 1. The Hall–Kier alpha value is -1.71. The highest BCUT2D eigenvalue weighted by Crippen LogP contribution is 2.41.